The Bertz CT molecular complexity index is 917. The van der Waals surface area contributed by atoms with Crippen molar-refractivity contribution in [1.82, 2.24) is 10.6 Å². The fourth-order valence-electron chi connectivity index (χ4n) is 3.77. The van der Waals surface area contributed by atoms with Gasteiger partial charge in [0.05, 0.1) is 34.9 Å². The number of rotatable bonds is 15. The van der Waals surface area contributed by atoms with Crippen molar-refractivity contribution in [3.63, 3.8) is 0 Å². The molecule has 0 aliphatic heterocycles. The third kappa shape index (κ3) is 10.1. The van der Waals surface area contributed by atoms with Gasteiger partial charge in [0.25, 0.3) is 5.91 Å². The fraction of sp³-hybridized carbons (Fsp3) is 0.538. The SMILES string of the molecule is CCCCC(NCC(CC(C)C)NC(=O)c1ccccc1C(F)(F)F)C(=O)CSCc1ccco1. The summed E-state index contributed by atoms with van der Waals surface area (Å²) in [6.45, 7) is 6.30. The van der Waals surface area contributed by atoms with Gasteiger partial charge in [0.15, 0.2) is 5.78 Å². The molecule has 0 saturated carbocycles. The van der Waals surface area contributed by atoms with E-state index in [1.54, 1.807) is 12.3 Å². The number of benzene rings is 1. The lowest BCUT2D eigenvalue weighted by molar-refractivity contribution is -0.138. The molecule has 0 fully saturated rings. The van der Waals surface area contributed by atoms with Crippen molar-refractivity contribution >= 4 is 23.5 Å². The van der Waals surface area contributed by atoms with Gasteiger partial charge in [-0.3, -0.25) is 9.59 Å². The number of hydrogen-bond donors (Lipinski definition) is 2. The first kappa shape index (κ1) is 29.0. The largest absolute Gasteiger partial charge is 0.468 e. The molecule has 1 aromatic heterocycles. The normalized spacial score (nSPS) is 13.6. The quantitative estimate of drug-likeness (QED) is 0.302. The second kappa shape index (κ2) is 14.3. The average molecular weight is 513 g/mol. The molecule has 1 heterocycles. The van der Waals surface area contributed by atoms with Crippen LogP contribution in [0.2, 0.25) is 0 Å². The lowest BCUT2D eigenvalue weighted by Gasteiger charge is -2.25. The second-order valence-electron chi connectivity index (χ2n) is 8.98. The molecule has 2 N–H and O–H groups in total. The van der Waals surface area contributed by atoms with E-state index in [9.17, 15) is 22.8 Å². The summed E-state index contributed by atoms with van der Waals surface area (Å²) < 4.78 is 45.4. The molecule has 2 aromatic rings. The minimum Gasteiger partial charge on any atom is -0.468 e. The van der Waals surface area contributed by atoms with Crippen molar-refractivity contribution in [3.8, 4) is 0 Å². The van der Waals surface area contributed by atoms with Gasteiger partial charge in [-0.15, -0.1) is 11.8 Å². The number of nitrogens with one attached hydrogen (secondary N) is 2. The summed E-state index contributed by atoms with van der Waals surface area (Å²) in [5.74, 6) is 1.22. The summed E-state index contributed by atoms with van der Waals surface area (Å²) in [4.78, 5) is 25.7. The van der Waals surface area contributed by atoms with E-state index in [0.29, 0.717) is 30.9 Å². The summed E-state index contributed by atoms with van der Waals surface area (Å²) in [5, 5.41) is 6.04. The Morgan fingerprint density at radius 3 is 2.49 bits per heavy atom. The van der Waals surface area contributed by atoms with Gasteiger partial charge in [-0.25, -0.2) is 0 Å². The van der Waals surface area contributed by atoms with Crippen molar-refractivity contribution < 1.29 is 27.2 Å². The Labute approximate surface area is 209 Å². The summed E-state index contributed by atoms with van der Waals surface area (Å²) in [7, 11) is 0. The average Bonchev–Trinajstić information content (AvgIpc) is 3.31. The van der Waals surface area contributed by atoms with Crippen molar-refractivity contribution in [2.75, 3.05) is 12.3 Å². The van der Waals surface area contributed by atoms with Crippen LogP contribution in [0.15, 0.2) is 47.1 Å². The van der Waals surface area contributed by atoms with Crippen molar-refractivity contribution in [3.05, 3.63) is 59.5 Å². The van der Waals surface area contributed by atoms with Crippen LogP contribution in [-0.4, -0.2) is 36.1 Å². The van der Waals surface area contributed by atoms with Gasteiger partial charge in [0, 0.05) is 12.6 Å². The third-order valence-electron chi connectivity index (χ3n) is 5.48. The number of Topliss-reactive ketones (excluding diaryl/α,β-unsaturated/α-hetero) is 1. The van der Waals surface area contributed by atoms with E-state index >= 15 is 0 Å². The van der Waals surface area contributed by atoms with Gasteiger partial charge in [-0.2, -0.15) is 13.2 Å². The molecule has 194 valence electrons. The zero-order chi connectivity index (χ0) is 25.8. The summed E-state index contributed by atoms with van der Waals surface area (Å²) in [6.07, 6.45) is 0.00680. The highest BCUT2D eigenvalue weighted by Gasteiger charge is 2.35. The predicted molar refractivity (Wildman–Crippen MR) is 133 cm³/mol. The van der Waals surface area contributed by atoms with Crippen LogP contribution in [0.3, 0.4) is 0 Å². The van der Waals surface area contributed by atoms with Crippen molar-refractivity contribution in [2.45, 2.75) is 70.5 Å². The molecule has 5 nitrogen and oxygen atoms in total. The molecular formula is C26H35F3N2O3S. The number of carbonyl (C=O) groups excluding carboxylic acids is 2. The molecule has 9 heteroatoms. The minimum atomic E-state index is -4.62. The maximum absolute atomic E-state index is 13.4. The van der Waals surface area contributed by atoms with E-state index in [-0.39, 0.29) is 17.7 Å². The Balaban J connectivity index is 2.03. The molecule has 0 spiro atoms. The van der Waals surface area contributed by atoms with Crippen molar-refractivity contribution in [1.29, 1.82) is 0 Å². The zero-order valence-electron chi connectivity index (χ0n) is 20.5. The Kier molecular flexibility index (Phi) is 11.9. The lowest BCUT2D eigenvalue weighted by atomic mass is 10.0. The Morgan fingerprint density at radius 2 is 1.86 bits per heavy atom. The molecule has 1 aromatic carbocycles. The maximum Gasteiger partial charge on any atom is 0.417 e. The smallest absolute Gasteiger partial charge is 0.417 e. The molecule has 2 unspecified atom stereocenters. The van der Waals surface area contributed by atoms with Gasteiger partial charge in [0.1, 0.15) is 5.76 Å². The standard InChI is InChI=1S/C26H35F3N2O3S/c1-4-5-12-23(24(32)17-35-16-20-9-8-13-34-20)30-15-19(14-18(2)3)31-25(33)21-10-6-7-11-22(21)26(27,28)29/h6-11,13,18-19,23,30H,4-5,12,14-17H2,1-3H3,(H,31,33). The third-order valence-corrected chi connectivity index (χ3v) is 6.46. The van der Waals surface area contributed by atoms with E-state index in [4.69, 9.17) is 4.42 Å². The molecule has 2 rings (SSSR count). The molecule has 1 amide bonds. The molecule has 2 atom stereocenters. The molecule has 0 radical (unpaired) electrons. The van der Waals surface area contributed by atoms with Gasteiger partial charge < -0.3 is 15.1 Å². The van der Waals surface area contributed by atoms with Crippen molar-refractivity contribution in [2.24, 2.45) is 5.92 Å². The summed E-state index contributed by atoms with van der Waals surface area (Å²) in [6, 6.07) is 7.64. The number of alkyl halides is 3. The fourth-order valence-corrected chi connectivity index (χ4v) is 4.64. The van der Waals surface area contributed by atoms with Crippen LogP contribution in [0.4, 0.5) is 13.2 Å². The van der Waals surface area contributed by atoms with Gasteiger partial charge in [0.2, 0.25) is 0 Å². The first-order valence-corrected chi connectivity index (χ1v) is 13.1. The number of halogens is 3. The zero-order valence-corrected chi connectivity index (χ0v) is 21.3. The van der Waals surface area contributed by atoms with Gasteiger partial charge in [-0.1, -0.05) is 45.7 Å². The monoisotopic (exact) mass is 512 g/mol. The van der Waals surface area contributed by atoms with E-state index < -0.39 is 29.3 Å². The topological polar surface area (TPSA) is 71.3 Å². The molecule has 0 aliphatic rings. The Morgan fingerprint density at radius 1 is 1.11 bits per heavy atom. The molecule has 0 aliphatic carbocycles. The van der Waals surface area contributed by atoms with Crippen LogP contribution in [-0.2, 0) is 16.7 Å². The van der Waals surface area contributed by atoms with E-state index in [1.165, 1.54) is 30.0 Å². The minimum absolute atomic E-state index is 0.0621. The number of amides is 1. The predicted octanol–water partition coefficient (Wildman–Crippen LogP) is 6.09. The van der Waals surface area contributed by atoms with Crippen LogP contribution in [0.25, 0.3) is 0 Å². The van der Waals surface area contributed by atoms with Crippen LogP contribution in [0.5, 0.6) is 0 Å². The number of ketones is 1. The second-order valence-corrected chi connectivity index (χ2v) is 9.97. The first-order valence-electron chi connectivity index (χ1n) is 11.9. The molecule has 0 bridgehead atoms. The van der Waals surface area contributed by atoms with E-state index in [2.05, 4.69) is 10.6 Å². The summed E-state index contributed by atoms with van der Waals surface area (Å²) >= 11 is 1.48. The van der Waals surface area contributed by atoms with Crippen LogP contribution in [0.1, 0.15) is 68.1 Å². The van der Waals surface area contributed by atoms with Gasteiger partial charge in [-0.05, 0) is 43.0 Å². The highest BCUT2D eigenvalue weighted by atomic mass is 32.2. The van der Waals surface area contributed by atoms with E-state index in [1.807, 2.05) is 26.8 Å². The number of unbranched alkanes of at least 4 members (excludes halogenated alkanes) is 1. The van der Waals surface area contributed by atoms with Gasteiger partial charge >= 0.3 is 6.18 Å². The highest BCUT2D eigenvalue weighted by molar-refractivity contribution is 7.99. The number of carbonyl (C=O) groups is 2. The first-order chi connectivity index (χ1) is 16.6. The molecule has 0 saturated heterocycles. The Hall–Kier alpha value is -2.26. The number of hydrogen-bond acceptors (Lipinski definition) is 5. The molecular weight excluding hydrogens is 477 g/mol. The highest BCUT2D eigenvalue weighted by Crippen LogP contribution is 2.31. The summed E-state index contributed by atoms with van der Waals surface area (Å²) in [5.41, 5.74) is -1.36. The number of furan rings is 1. The van der Waals surface area contributed by atoms with Crippen LogP contribution in [0, 0.1) is 5.92 Å². The molecule has 35 heavy (non-hydrogen) atoms. The van der Waals surface area contributed by atoms with Crippen LogP contribution < -0.4 is 10.6 Å². The maximum atomic E-state index is 13.4. The lowest BCUT2D eigenvalue weighted by Crippen LogP contribution is -2.48. The number of thioether (sulfide) groups is 1. The van der Waals surface area contributed by atoms with E-state index in [0.717, 1.165) is 24.7 Å². The van der Waals surface area contributed by atoms with Crippen LogP contribution >= 0.6 is 11.8 Å².